The number of imide groups is 1. The number of carbonyl (C=O) groups is 3. The fourth-order valence-corrected chi connectivity index (χ4v) is 4.20. The minimum Gasteiger partial charge on any atom is -0.352 e. The van der Waals surface area contributed by atoms with Crippen LogP contribution in [-0.4, -0.2) is 47.8 Å². The van der Waals surface area contributed by atoms with Gasteiger partial charge in [0.05, 0.1) is 0 Å². The van der Waals surface area contributed by atoms with Gasteiger partial charge >= 0.3 is 0 Å². The molecule has 0 radical (unpaired) electrons. The largest absolute Gasteiger partial charge is 0.352 e. The summed E-state index contributed by atoms with van der Waals surface area (Å²) in [5, 5.41) is 8.06. The second-order valence-corrected chi connectivity index (χ2v) is 7.63. The molecule has 6 nitrogen and oxygen atoms in total. The molecule has 2 atom stereocenters. The molecule has 0 aliphatic carbocycles. The Balaban J connectivity index is 1.40. The van der Waals surface area contributed by atoms with Crippen LogP contribution in [0.3, 0.4) is 0 Å². The van der Waals surface area contributed by atoms with E-state index in [1.165, 1.54) is 4.90 Å². The van der Waals surface area contributed by atoms with E-state index in [2.05, 4.69) is 17.6 Å². The molecular formula is C22H25N3O3. The van der Waals surface area contributed by atoms with Crippen molar-refractivity contribution in [1.82, 2.24) is 15.5 Å². The van der Waals surface area contributed by atoms with E-state index in [9.17, 15) is 14.4 Å². The van der Waals surface area contributed by atoms with Crippen molar-refractivity contribution in [2.45, 2.75) is 44.7 Å². The molecule has 28 heavy (non-hydrogen) atoms. The van der Waals surface area contributed by atoms with Crippen molar-refractivity contribution in [3.63, 3.8) is 0 Å². The molecular weight excluding hydrogens is 354 g/mol. The molecule has 2 heterocycles. The summed E-state index contributed by atoms with van der Waals surface area (Å²) < 4.78 is 0. The first-order valence-electron chi connectivity index (χ1n) is 9.97. The third kappa shape index (κ3) is 3.40. The molecule has 1 saturated heterocycles. The van der Waals surface area contributed by atoms with E-state index in [0.29, 0.717) is 24.0 Å². The molecule has 2 aliphatic rings. The first kappa shape index (κ1) is 18.6. The van der Waals surface area contributed by atoms with Crippen LogP contribution in [0.1, 0.15) is 53.3 Å². The third-order valence-electron chi connectivity index (χ3n) is 5.75. The van der Waals surface area contributed by atoms with Gasteiger partial charge < -0.3 is 10.6 Å². The highest BCUT2D eigenvalue weighted by Gasteiger charge is 2.32. The Morgan fingerprint density at radius 2 is 1.82 bits per heavy atom. The average molecular weight is 379 g/mol. The summed E-state index contributed by atoms with van der Waals surface area (Å²) in [6.45, 7) is 3.31. The lowest BCUT2D eigenvalue weighted by Gasteiger charge is -2.31. The van der Waals surface area contributed by atoms with Gasteiger partial charge in [-0.3, -0.25) is 19.3 Å². The van der Waals surface area contributed by atoms with Crippen molar-refractivity contribution in [1.29, 1.82) is 0 Å². The van der Waals surface area contributed by atoms with Crippen molar-refractivity contribution in [2.24, 2.45) is 0 Å². The van der Waals surface area contributed by atoms with E-state index in [4.69, 9.17) is 0 Å². The van der Waals surface area contributed by atoms with Crippen molar-refractivity contribution in [3.8, 4) is 0 Å². The second-order valence-electron chi connectivity index (χ2n) is 7.63. The van der Waals surface area contributed by atoms with Crippen molar-refractivity contribution >= 4 is 28.5 Å². The maximum Gasteiger partial charge on any atom is 0.261 e. The Morgan fingerprint density at radius 3 is 2.46 bits per heavy atom. The molecule has 4 rings (SSSR count). The maximum atomic E-state index is 12.8. The molecule has 2 unspecified atom stereocenters. The Bertz CT molecular complexity index is 889. The van der Waals surface area contributed by atoms with Gasteiger partial charge in [-0.1, -0.05) is 24.3 Å². The molecule has 146 valence electrons. The van der Waals surface area contributed by atoms with Crippen LogP contribution in [0.5, 0.6) is 0 Å². The summed E-state index contributed by atoms with van der Waals surface area (Å²) in [4.78, 5) is 39.3. The number of hydrogen-bond donors (Lipinski definition) is 2. The van der Waals surface area contributed by atoms with Crippen LogP contribution in [-0.2, 0) is 4.79 Å². The average Bonchev–Trinajstić information content (AvgIpc) is 2.70. The topological polar surface area (TPSA) is 78.5 Å². The van der Waals surface area contributed by atoms with E-state index in [0.717, 1.165) is 30.2 Å². The van der Waals surface area contributed by atoms with E-state index < -0.39 is 0 Å². The fourth-order valence-electron chi connectivity index (χ4n) is 4.20. The third-order valence-corrected chi connectivity index (χ3v) is 5.75. The highest BCUT2D eigenvalue weighted by Crippen LogP contribution is 2.30. The Hall–Kier alpha value is -2.73. The predicted octanol–water partition coefficient (Wildman–Crippen LogP) is 2.47. The summed E-state index contributed by atoms with van der Waals surface area (Å²) in [6.07, 6.45) is 2.78. The molecule has 0 spiro atoms. The molecule has 0 bridgehead atoms. The zero-order valence-corrected chi connectivity index (χ0v) is 16.0. The smallest absolute Gasteiger partial charge is 0.261 e. The van der Waals surface area contributed by atoms with Gasteiger partial charge in [0.15, 0.2) is 0 Å². The number of benzene rings is 2. The number of rotatable bonds is 5. The summed E-state index contributed by atoms with van der Waals surface area (Å²) in [6, 6.07) is 11.4. The van der Waals surface area contributed by atoms with Crippen molar-refractivity contribution < 1.29 is 14.4 Å². The first-order chi connectivity index (χ1) is 13.6. The molecule has 0 aromatic heterocycles. The highest BCUT2D eigenvalue weighted by atomic mass is 16.2. The van der Waals surface area contributed by atoms with Gasteiger partial charge in [-0.05, 0) is 50.2 Å². The van der Waals surface area contributed by atoms with E-state index in [-0.39, 0.29) is 36.3 Å². The Labute approximate surface area is 164 Å². The molecule has 2 N–H and O–H groups in total. The van der Waals surface area contributed by atoms with Crippen LogP contribution in [0, 0.1) is 0 Å². The number of nitrogens with zero attached hydrogens (tertiary/aromatic N) is 1. The van der Waals surface area contributed by atoms with Gasteiger partial charge in [-0.2, -0.15) is 0 Å². The minimum absolute atomic E-state index is 0.0278. The predicted molar refractivity (Wildman–Crippen MR) is 107 cm³/mol. The van der Waals surface area contributed by atoms with Gasteiger partial charge in [0, 0.05) is 41.6 Å². The van der Waals surface area contributed by atoms with Gasteiger partial charge in [-0.25, -0.2) is 0 Å². The van der Waals surface area contributed by atoms with Gasteiger partial charge in [0.1, 0.15) is 0 Å². The zero-order chi connectivity index (χ0) is 19.7. The molecule has 1 fully saturated rings. The molecule has 0 saturated carbocycles. The van der Waals surface area contributed by atoms with E-state index in [1.54, 1.807) is 12.1 Å². The van der Waals surface area contributed by atoms with E-state index in [1.807, 2.05) is 24.3 Å². The summed E-state index contributed by atoms with van der Waals surface area (Å²) in [7, 11) is 0. The van der Waals surface area contributed by atoms with Crippen LogP contribution in [0.2, 0.25) is 0 Å². The van der Waals surface area contributed by atoms with Gasteiger partial charge in [-0.15, -0.1) is 0 Å². The maximum absolute atomic E-state index is 12.8. The number of piperidine rings is 1. The first-order valence-corrected chi connectivity index (χ1v) is 9.97. The van der Waals surface area contributed by atoms with Crippen LogP contribution in [0.15, 0.2) is 36.4 Å². The van der Waals surface area contributed by atoms with Gasteiger partial charge in [0.25, 0.3) is 11.8 Å². The van der Waals surface area contributed by atoms with E-state index >= 15 is 0 Å². The lowest BCUT2D eigenvalue weighted by atomic mass is 9.94. The van der Waals surface area contributed by atoms with Crippen LogP contribution < -0.4 is 10.6 Å². The SMILES string of the molecule is CC1NCCCC1NC(=O)CCCN1C(=O)c2cccc3cccc(c23)C1=O. The molecule has 3 amide bonds. The quantitative estimate of drug-likeness (QED) is 0.783. The molecule has 2 aromatic carbocycles. The number of amides is 3. The van der Waals surface area contributed by atoms with Crippen molar-refractivity contribution in [2.75, 3.05) is 13.1 Å². The Kier molecular flexibility index (Phi) is 5.13. The minimum atomic E-state index is -0.278. The van der Waals surface area contributed by atoms with Crippen LogP contribution >= 0.6 is 0 Å². The summed E-state index contributed by atoms with van der Waals surface area (Å²) >= 11 is 0. The number of carbonyl (C=O) groups excluding carboxylic acids is 3. The molecule has 2 aliphatic heterocycles. The normalized spacial score (nSPS) is 21.8. The van der Waals surface area contributed by atoms with Crippen LogP contribution in [0.4, 0.5) is 0 Å². The Morgan fingerprint density at radius 1 is 1.14 bits per heavy atom. The standard InChI is InChI=1S/C22H25N3O3/c1-14-18(10-4-12-23-14)24-19(26)11-5-13-25-21(27)16-8-2-6-15-7-3-9-17(20(15)16)22(25)28/h2-3,6-9,14,18,23H,4-5,10-13H2,1H3,(H,24,26). The number of hydrogen-bond acceptors (Lipinski definition) is 4. The lowest BCUT2D eigenvalue weighted by Crippen LogP contribution is -2.52. The lowest BCUT2D eigenvalue weighted by molar-refractivity contribution is -0.122. The monoisotopic (exact) mass is 379 g/mol. The second kappa shape index (κ2) is 7.72. The van der Waals surface area contributed by atoms with Crippen molar-refractivity contribution in [3.05, 3.63) is 47.5 Å². The highest BCUT2D eigenvalue weighted by molar-refractivity contribution is 6.25. The summed E-state index contributed by atoms with van der Waals surface area (Å²) in [5.74, 6) is -0.584. The van der Waals surface area contributed by atoms with Crippen LogP contribution in [0.25, 0.3) is 10.8 Å². The molecule has 2 aromatic rings. The fraction of sp³-hybridized carbons (Fsp3) is 0.409. The van der Waals surface area contributed by atoms with Gasteiger partial charge in [0.2, 0.25) is 5.91 Å². The number of nitrogens with one attached hydrogen (secondary N) is 2. The summed E-state index contributed by atoms with van der Waals surface area (Å²) in [5.41, 5.74) is 1.11. The molecule has 6 heteroatoms. The zero-order valence-electron chi connectivity index (χ0n) is 16.0.